The summed E-state index contributed by atoms with van der Waals surface area (Å²) in [4.78, 5) is 16.2. The molecule has 126 valence electrons. The quantitative estimate of drug-likeness (QED) is 0.576. The molecule has 25 heavy (non-hydrogen) atoms. The summed E-state index contributed by atoms with van der Waals surface area (Å²) in [5.41, 5.74) is 6.93. The van der Waals surface area contributed by atoms with Gasteiger partial charge in [0.15, 0.2) is 0 Å². The third kappa shape index (κ3) is 4.38. The van der Waals surface area contributed by atoms with Crippen molar-refractivity contribution < 1.29 is 4.79 Å². The molecule has 0 aliphatic carbocycles. The molecule has 0 spiro atoms. The molecule has 1 aromatic carbocycles. The topological polar surface area (TPSA) is 72.2 Å². The first-order chi connectivity index (χ1) is 12.1. The number of aryl methyl sites for hydroxylation is 2. The molecular weight excluding hydrogens is 314 g/mol. The van der Waals surface area contributed by atoms with Gasteiger partial charge in [-0.2, -0.15) is 10.2 Å². The second kappa shape index (κ2) is 7.53. The lowest BCUT2D eigenvalue weighted by Gasteiger charge is -2.06. The van der Waals surface area contributed by atoms with Gasteiger partial charge in [0.2, 0.25) is 0 Å². The van der Waals surface area contributed by atoms with Gasteiger partial charge in [-0.25, -0.2) is 5.43 Å². The van der Waals surface area contributed by atoms with Crippen LogP contribution >= 0.6 is 0 Å². The van der Waals surface area contributed by atoms with Gasteiger partial charge < -0.3 is 0 Å². The number of carbonyl (C=O) groups is 1. The number of hydrazone groups is 1. The predicted molar refractivity (Wildman–Crippen MR) is 96.5 cm³/mol. The maximum atomic E-state index is 12.1. The highest BCUT2D eigenvalue weighted by Crippen LogP contribution is 2.09. The molecule has 3 rings (SSSR count). The van der Waals surface area contributed by atoms with Gasteiger partial charge in [-0.05, 0) is 49.7 Å². The van der Waals surface area contributed by atoms with Crippen molar-refractivity contribution in [3.8, 4) is 0 Å². The van der Waals surface area contributed by atoms with Gasteiger partial charge in [0.05, 0.1) is 24.1 Å². The molecule has 1 N–H and O–H groups in total. The van der Waals surface area contributed by atoms with Gasteiger partial charge >= 0.3 is 0 Å². The minimum Gasteiger partial charge on any atom is -0.267 e. The molecule has 6 heteroatoms. The monoisotopic (exact) mass is 333 g/mol. The lowest BCUT2D eigenvalue weighted by molar-refractivity contribution is 0.0955. The van der Waals surface area contributed by atoms with Crippen LogP contribution in [0.4, 0.5) is 0 Å². The van der Waals surface area contributed by atoms with Crippen LogP contribution in [0.25, 0.3) is 0 Å². The third-order valence-corrected chi connectivity index (χ3v) is 3.70. The molecule has 0 unspecified atom stereocenters. The van der Waals surface area contributed by atoms with Gasteiger partial charge in [0, 0.05) is 17.5 Å². The number of hydrogen-bond acceptors (Lipinski definition) is 4. The number of rotatable bonds is 5. The zero-order valence-corrected chi connectivity index (χ0v) is 14.2. The number of carbonyl (C=O) groups excluding carboxylic acids is 1. The zero-order chi connectivity index (χ0) is 17.6. The molecule has 3 aromatic rings. The number of aromatic nitrogens is 3. The summed E-state index contributed by atoms with van der Waals surface area (Å²) >= 11 is 0. The van der Waals surface area contributed by atoms with E-state index in [1.54, 1.807) is 18.3 Å². The first-order valence-corrected chi connectivity index (χ1v) is 7.96. The van der Waals surface area contributed by atoms with Crippen LogP contribution in [0.15, 0.2) is 59.8 Å². The van der Waals surface area contributed by atoms with Crippen molar-refractivity contribution in [2.24, 2.45) is 5.10 Å². The van der Waals surface area contributed by atoms with Crippen LogP contribution in [0, 0.1) is 13.8 Å². The number of hydrogen-bond donors (Lipinski definition) is 1. The number of nitrogens with zero attached hydrogens (tertiary/aromatic N) is 4. The fourth-order valence-corrected chi connectivity index (χ4v) is 2.44. The second-order valence-electron chi connectivity index (χ2n) is 5.74. The summed E-state index contributed by atoms with van der Waals surface area (Å²) < 4.78 is 1.95. The zero-order valence-electron chi connectivity index (χ0n) is 14.2. The highest BCUT2D eigenvalue weighted by molar-refractivity contribution is 5.94. The van der Waals surface area contributed by atoms with E-state index in [4.69, 9.17) is 0 Å². The van der Waals surface area contributed by atoms with Crippen LogP contribution in [-0.2, 0) is 6.54 Å². The molecule has 0 saturated heterocycles. The van der Waals surface area contributed by atoms with E-state index in [9.17, 15) is 4.79 Å². The highest BCUT2D eigenvalue weighted by Gasteiger charge is 2.06. The van der Waals surface area contributed by atoms with Crippen molar-refractivity contribution in [1.29, 1.82) is 0 Å². The van der Waals surface area contributed by atoms with Crippen molar-refractivity contribution >= 4 is 12.1 Å². The van der Waals surface area contributed by atoms with Gasteiger partial charge in [0.25, 0.3) is 5.91 Å². The van der Waals surface area contributed by atoms with E-state index in [2.05, 4.69) is 20.6 Å². The van der Waals surface area contributed by atoms with Gasteiger partial charge in [-0.3, -0.25) is 14.5 Å². The van der Waals surface area contributed by atoms with E-state index in [0.717, 1.165) is 17.0 Å². The molecule has 0 saturated carbocycles. The number of pyridine rings is 1. The van der Waals surface area contributed by atoms with Crippen LogP contribution in [0.5, 0.6) is 0 Å². The van der Waals surface area contributed by atoms with Crippen LogP contribution in [-0.4, -0.2) is 26.9 Å². The summed E-state index contributed by atoms with van der Waals surface area (Å²) in [6.07, 6.45) is 3.18. The van der Waals surface area contributed by atoms with Crippen LogP contribution in [0.3, 0.4) is 0 Å². The molecule has 2 heterocycles. The Hall–Kier alpha value is -3.28. The summed E-state index contributed by atoms with van der Waals surface area (Å²) in [5.74, 6) is -0.259. The average molecular weight is 333 g/mol. The maximum Gasteiger partial charge on any atom is 0.271 e. The minimum absolute atomic E-state index is 0.259. The Balaban J connectivity index is 1.60. The van der Waals surface area contributed by atoms with Crippen molar-refractivity contribution in [2.75, 3.05) is 0 Å². The van der Waals surface area contributed by atoms with Crippen molar-refractivity contribution in [1.82, 2.24) is 20.2 Å². The van der Waals surface area contributed by atoms with E-state index in [-0.39, 0.29) is 5.91 Å². The Labute approximate surface area is 146 Å². The molecule has 1 amide bonds. The third-order valence-electron chi connectivity index (χ3n) is 3.70. The van der Waals surface area contributed by atoms with E-state index >= 15 is 0 Å². The fraction of sp³-hybridized carbons (Fsp3) is 0.158. The molecule has 2 aromatic heterocycles. The lowest BCUT2D eigenvalue weighted by atomic mass is 10.1. The molecule has 0 bridgehead atoms. The van der Waals surface area contributed by atoms with E-state index in [0.29, 0.717) is 17.8 Å². The normalized spacial score (nSPS) is 11.0. The van der Waals surface area contributed by atoms with Crippen LogP contribution in [0.2, 0.25) is 0 Å². The SMILES string of the molecule is Cc1cc(C)n(Cc2ccc(C(=O)N/N=C/c3ccccn3)cc2)n1. The van der Waals surface area contributed by atoms with Gasteiger partial charge in [-0.15, -0.1) is 0 Å². The first-order valence-electron chi connectivity index (χ1n) is 7.96. The molecule has 6 nitrogen and oxygen atoms in total. The first kappa shape index (κ1) is 16.6. The average Bonchev–Trinajstić information content (AvgIpc) is 2.93. The van der Waals surface area contributed by atoms with Crippen molar-refractivity contribution in [2.45, 2.75) is 20.4 Å². The van der Waals surface area contributed by atoms with Crippen molar-refractivity contribution in [3.05, 3.63) is 82.9 Å². The molecule has 0 aliphatic rings. The van der Waals surface area contributed by atoms with Crippen molar-refractivity contribution in [3.63, 3.8) is 0 Å². The Morgan fingerprint density at radius 3 is 2.64 bits per heavy atom. The molecule has 0 atom stereocenters. The number of benzene rings is 1. The summed E-state index contributed by atoms with van der Waals surface area (Å²) in [5, 5.41) is 8.37. The Kier molecular flexibility index (Phi) is 4.99. The molecular formula is C19H19N5O. The van der Waals surface area contributed by atoms with E-state index < -0.39 is 0 Å². The van der Waals surface area contributed by atoms with Gasteiger partial charge in [0.1, 0.15) is 0 Å². The predicted octanol–water partition coefficient (Wildman–Crippen LogP) is 2.71. The standard InChI is InChI=1S/C19H19N5O/c1-14-11-15(2)24(23-14)13-16-6-8-17(9-7-16)19(25)22-21-12-18-5-3-4-10-20-18/h3-12H,13H2,1-2H3,(H,22,25)/b21-12+. The maximum absolute atomic E-state index is 12.1. The van der Waals surface area contributed by atoms with E-state index in [1.165, 1.54) is 6.21 Å². The minimum atomic E-state index is -0.259. The molecule has 0 fully saturated rings. The largest absolute Gasteiger partial charge is 0.271 e. The summed E-state index contributed by atoms with van der Waals surface area (Å²) in [6, 6.07) is 15.0. The Bertz CT molecular complexity index is 882. The Morgan fingerprint density at radius 2 is 2.00 bits per heavy atom. The lowest BCUT2D eigenvalue weighted by Crippen LogP contribution is -2.17. The second-order valence-corrected chi connectivity index (χ2v) is 5.74. The van der Waals surface area contributed by atoms with Gasteiger partial charge in [-0.1, -0.05) is 18.2 Å². The van der Waals surface area contributed by atoms with Crippen LogP contribution < -0.4 is 5.43 Å². The number of amides is 1. The van der Waals surface area contributed by atoms with E-state index in [1.807, 2.05) is 54.9 Å². The van der Waals surface area contributed by atoms with Crippen LogP contribution in [0.1, 0.15) is 33.0 Å². The summed E-state index contributed by atoms with van der Waals surface area (Å²) in [7, 11) is 0. The smallest absolute Gasteiger partial charge is 0.267 e. The molecule has 0 radical (unpaired) electrons. The Morgan fingerprint density at radius 1 is 1.20 bits per heavy atom. The molecule has 0 aliphatic heterocycles. The highest BCUT2D eigenvalue weighted by atomic mass is 16.2. The fourth-order valence-electron chi connectivity index (χ4n) is 2.44. The number of nitrogens with one attached hydrogen (secondary N) is 1. The summed E-state index contributed by atoms with van der Waals surface area (Å²) in [6.45, 7) is 4.68.